The zero-order valence-corrected chi connectivity index (χ0v) is 18.0. The minimum atomic E-state index is -0.332. The maximum atomic E-state index is 11.9. The maximum Gasteiger partial charge on any atom is 0.330 e. The third-order valence-corrected chi connectivity index (χ3v) is 4.49. The molecule has 0 aliphatic rings. The van der Waals surface area contributed by atoms with Gasteiger partial charge in [-0.3, -0.25) is 4.79 Å². The van der Waals surface area contributed by atoms with E-state index in [0.29, 0.717) is 28.3 Å². The fourth-order valence-corrected chi connectivity index (χ4v) is 2.76. The van der Waals surface area contributed by atoms with E-state index in [4.69, 9.17) is 27.9 Å². The summed E-state index contributed by atoms with van der Waals surface area (Å²) in [5, 5.41) is 3.69. The molecule has 1 unspecified atom stereocenters. The number of carbonyl (C=O) groups is 2. The van der Waals surface area contributed by atoms with E-state index in [1.54, 1.807) is 18.2 Å². The second kappa shape index (κ2) is 13.2. The van der Waals surface area contributed by atoms with Crippen LogP contribution in [0.5, 0.6) is 5.75 Å². The molecule has 0 saturated heterocycles. The fourth-order valence-electron chi connectivity index (χ4n) is 2.29. The summed E-state index contributed by atoms with van der Waals surface area (Å²) in [5.74, 6) is 0.321. The molecule has 0 aliphatic heterocycles. The van der Waals surface area contributed by atoms with Gasteiger partial charge in [0, 0.05) is 17.6 Å². The van der Waals surface area contributed by atoms with Crippen molar-refractivity contribution >= 4 is 35.1 Å². The molecule has 0 fully saturated rings. The first-order chi connectivity index (χ1) is 13.3. The normalized spacial score (nSPS) is 12.7. The molecular weight excluding hydrogens is 401 g/mol. The second-order valence-electron chi connectivity index (χ2n) is 6.53. The lowest BCUT2D eigenvalue weighted by Gasteiger charge is -2.10. The smallest absolute Gasteiger partial charge is 0.330 e. The van der Waals surface area contributed by atoms with Crippen molar-refractivity contribution in [2.45, 2.75) is 33.1 Å². The number of amides is 1. The summed E-state index contributed by atoms with van der Waals surface area (Å²) in [6.07, 6.45) is 8.12. The molecule has 0 bridgehead atoms. The summed E-state index contributed by atoms with van der Waals surface area (Å²) >= 11 is 11.8. The van der Waals surface area contributed by atoms with E-state index < -0.39 is 0 Å². The lowest BCUT2D eigenvalue weighted by molar-refractivity contribution is -0.134. The predicted molar refractivity (Wildman–Crippen MR) is 113 cm³/mol. The topological polar surface area (TPSA) is 64.6 Å². The van der Waals surface area contributed by atoms with Gasteiger partial charge in [-0.2, -0.15) is 0 Å². The maximum absolute atomic E-state index is 11.9. The zero-order chi connectivity index (χ0) is 20.9. The van der Waals surface area contributed by atoms with Gasteiger partial charge in [0.2, 0.25) is 0 Å². The van der Waals surface area contributed by atoms with Crippen molar-refractivity contribution < 1.29 is 19.1 Å². The molecule has 1 N–H and O–H groups in total. The van der Waals surface area contributed by atoms with Gasteiger partial charge in [0.1, 0.15) is 5.75 Å². The highest BCUT2D eigenvalue weighted by molar-refractivity contribution is 6.35. The van der Waals surface area contributed by atoms with Crippen LogP contribution in [0.25, 0.3) is 0 Å². The first-order valence-electron chi connectivity index (χ1n) is 9.06. The minimum Gasteiger partial charge on any atom is -0.482 e. The Morgan fingerprint density at radius 2 is 2.04 bits per heavy atom. The highest BCUT2D eigenvalue weighted by Gasteiger charge is 2.06. The van der Waals surface area contributed by atoms with Gasteiger partial charge in [0.05, 0.1) is 12.1 Å². The van der Waals surface area contributed by atoms with Crippen LogP contribution in [0.3, 0.4) is 0 Å². The molecule has 1 amide bonds. The number of rotatable bonds is 11. The molecule has 154 valence electrons. The van der Waals surface area contributed by atoms with Gasteiger partial charge in [-0.25, -0.2) is 4.79 Å². The summed E-state index contributed by atoms with van der Waals surface area (Å²) in [7, 11) is 1.36. The molecule has 5 nitrogen and oxygen atoms in total. The molecule has 0 saturated carbocycles. The van der Waals surface area contributed by atoms with E-state index in [1.165, 1.54) is 13.2 Å². The average Bonchev–Trinajstić information content (AvgIpc) is 2.65. The Morgan fingerprint density at radius 3 is 2.71 bits per heavy atom. The van der Waals surface area contributed by atoms with Gasteiger partial charge >= 0.3 is 5.97 Å². The Balaban J connectivity index is 2.25. The van der Waals surface area contributed by atoms with E-state index in [2.05, 4.69) is 23.1 Å². The lowest BCUT2D eigenvalue weighted by Crippen LogP contribution is -2.30. The van der Waals surface area contributed by atoms with E-state index in [9.17, 15) is 9.59 Å². The van der Waals surface area contributed by atoms with Gasteiger partial charge in [0.15, 0.2) is 6.61 Å². The molecule has 0 aromatic heterocycles. The van der Waals surface area contributed by atoms with E-state index >= 15 is 0 Å². The van der Waals surface area contributed by atoms with Crippen molar-refractivity contribution in [3.05, 3.63) is 52.0 Å². The minimum absolute atomic E-state index is 0.113. The standard InChI is InChI=1S/C21H27Cl2NO4/c1-15(7-5-9-21(26)27-3)6-4-8-16(2)13-24-20(25)14-28-19-11-10-17(22)12-18(19)23/h5,8-12,15H,4,6-7,13-14H2,1-3H3,(H,24,25). The van der Waals surface area contributed by atoms with Crippen LogP contribution in [-0.2, 0) is 14.3 Å². The lowest BCUT2D eigenvalue weighted by atomic mass is 10.0. The molecule has 0 radical (unpaired) electrons. The number of halogens is 2. The van der Waals surface area contributed by atoms with Gasteiger partial charge in [0.25, 0.3) is 5.91 Å². The van der Waals surface area contributed by atoms with Crippen molar-refractivity contribution in [1.29, 1.82) is 0 Å². The van der Waals surface area contributed by atoms with E-state index in [-0.39, 0.29) is 18.5 Å². The summed E-state index contributed by atoms with van der Waals surface area (Å²) in [6.45, 7) is 4.45. The summed E-state index contributed by atoms with van der Waals surface area (Å²) in [5.41, 5.74) is 1.08. The van der Waals surface area contributed by atoms with Crippen molar-refractivity contribution in [2.24, 2.45) is 5.92 Å². The van der Waals surface area contributed by atoms with Crippen molar-refractivity contribution in [2.75, 3.05) is 20.3 Å². The SMILES string of the molecule is COC(=O)C=CCC(C)CCC=C(C)CNC(=O)COc1ccc(Cl)cc1Cl. The molecule has 7 heteroatoms. The van der Waals surface area contributed by atoms with Crippen LogP contribution in [0.2, 0.25) is 10.0 Å². The molecule has 0 aliphatic carbocycles. The summed E-state index contributed by atoms with van der Waals surface area (Å²) in [4.78, 5) is 22.9. The van der Waals surface area contributed by atoms with Gasteiger partial charge in [-0.15, -0.1) is 0 Å². The highest BCUT2D eigenvalue weighted by Crippen LogP contribution is 2.27. The number of carbonyl (C=O) groups excluding carboxylic acids is 2. The summed E-state index contributed by atoms with van der Waals surface area (Å²) in [6, 6.07) is 4.85. The van der Waals surface area contributed by atoms with Crippen LogP contribution in [0.1, 0.15) is 33.1 Å². The quantitative estimate of drug-likeness (QED) is 0.307. The molecule has 0 heterocycles. The number of benzene rings is 1. The van der Waals surface area contributed by atoms with Gasteiger partial charge in [-0.05, 0) is 50.3 Å². The first-order valence-corrected chi connectivity index (χ1v) is 9.82. The Bertz CT molecular complexity index is 716. The third-order valence-electron chi connectivity index (χ3n) is 3.96. The number of methoxy groups -OCH3 is 1. The number of hydrogen-bond donors (Lipinski definition) is 1. The van der Waals surface area contributed by atoms with Crippen molar-refractivity contribution in [3.8, 4) is 5.75 Å². The molecule has 1 atom stereocenters. The van der Waals surface area contributed by atoms with Crippen molar-refractivity contribution in [3.63, 3.8) is 0 Å². The molecule has 1 aromatic carbocycles. The predicted octanol–water partition coefficient (Wildman–Crippen LogP) is 4.97. The van der Waals surface area contributed by atoms with Crippen LogP contribution in [0, 0.1) is 5.92 Å². The largest absolute Gasteiger partial charge is 0.482 e. The monoisotopic (exact) mass is 427 g/mol. The molecule has 0 spiro atoms. The Hall–Kier alpha value is -1.98. The van der Waals surface area contributed by atoms with Crippen LogP contribution >= 0.6 is 23.2 Å². The highest BCUT2D eigenvalue weighted by atomic mass is 35.5. The zero-order valence-electron chi connectivity index (χ0n) is 16.5. The molecule has 1 aromatic rings. The number of ether oxygens (including phenoxy) is 2. The number of hydrogen-bond acceptors (Lipinski definition) is 4. The van der Waals surface area contributed by atoms with Crippen LogP contribution in [-0.4, -0.2) is 32.1 Å². The Labute approximate surface area is 176 Å². The number of esters is 1. The molecule has 1 rings (SSSR count). The van der Waals surface area contributed by atoms with Crippen LogP contribution in [0.15, 0.2) is 42.0 Å². The van der Waals surface area contributed by atoms with Crippen LogP contribution in [0.4, 0.5) is 0 Å². The van der Waals surface area contributed by atoms with Crippen molar-refractivity contribution in [1.82, 2.24) is 5.32 Å². The Morgan fingerprint density at radius 1 is 1.29 bits per heavy atom. The van der Waals surface area contributed by atoms with E-state index in [0.717, 1.165) is 24.8 Å². The fraction of sp³-hybridized carbons (Fsp3) is 0.429. The van der Waals surface area contributed by atoms with Gasteiger partial charge in [-0.1, -0.05) is 47.9 Å². The van der Waals surface area contributed by atoms with Gasteiger partial charge < -0.3 is 14.8 Å². The second-order valence-corrected chi connectivity index (χ2v) is 7.38. The van der Waals surface area contributed by atoms with E-state index in [1.807, 2.05) is 13.0 Å². The number of nitrogens with one attached hydrogen (secondary N) is 1. The Kier molecular flexibility index (Phi) is 11.4. The summed E-state index contributed by atoms with van der Waals surface area (Å²) < 4.78 is 9.95. The number of allylic oxidation sites excluding steroid dienone is 2. The van der Waals surface area contributed by atoms with Crippen LogP contribution < -0.4 is 10.1 Å². The average molecular weight is 428 g/mol. The molecular formula is C21H27Cl2NO4. The molecule has 28 heavy (non-hydrogen) atoms. The third kappa shape index (κ3) is 10.4. The first kappa shape index (κ1) is 24.1.